The molecule has 0 saturated heterocycles. The molecule has 28 heavy (non-hydrogen) atoms. The van der Waals surface area contributed by atoms with Crippen LogP contribution in [0.3, 0.4) is 0 Å². The summed E-state index contributed by atoms with van der Waals surface area (Å²) in [5.74, 6) is 2.94. The topological polar surface area (TPSA) is 27.7 Å². The van der Waals surface area contributed by atoms with Crippen LogP contribution in [-0.2, 0) is 0 Å². The number of ether oxygens (including phenoxy) is 3. The van der Waals surface area contributed by atoms with Gasteiger partial charge in [0.25, 0.3) is 0 Å². The Morgan fingerprint density at radius 2 is 0.786 bits per heavy atom. The van der Waals surface area contributed by atoms with Gasteiger partial charge in [-0.15, -0.1) is 0 Å². The molecule has 3 aromatic rings. The van der Waals surface area contributed by atoms with Gasteiger partial charge in [-0.2, -0.15) is 0 Å². The van der Waals surface area contributed by atoms with Crippen molar-refractivity contribution in [3.8, 4) is 17.2 Å². The Morgan fingerprint density at radius 1 is 0.500 bits per heavy atom. The van der Waals surface area contributed by atoms with Gasteiger partial charge in [-0.05, 0) is 0 Å². The molecular formula is C24H28O3Pb. The minimum absolute atomic E-state index is 0.651. The van der Waals surface area contributed by atoms with Crippen LogP contribution in [0.2, 0.25) is 0 Å². The van der Waals surface area contributed by atoms with Crippen molar-refractivity contribution >= 4 is 32.1 Å². The average molecular weight is 572 g/mol. The van der Waals surface area contributed by atoms with Crippen LogP contribution in [0.5, 0.6) is 17.2 Å². The molecule has 0 atom stereocenters. The van der Waals surface area contributed by atoms with Crippen LogP contribution in [0.4, 0.5) is 0 Å². The second kappa shape index (κ2) is 10.5. The Balaban J connectivity index is 2.25. The molecule has 0 aromatic heterocycles. The van der Waals surface area contributed by atoms with Crippen molar-refractivity contribution in [1.29, 1.82) is 0 Å². The van der Waals surface area contributed by atoms with Crippen molar-refractivity contribution in [2.24, 2.45) is 0 Å². The van der Waals surface area contributed by atoms with Crippen molar-refractivity contribution in [2.45, 2.75) is 20.8 Å². The predicted molar refractivity (Wildman–Crippen MR) is 119 cm³/mol. The summed E-state index contributed by atoms with van der Waals surface area (Å²) in [6, 6.07) is 25.4. The summed E-state index contributed by atoms with van der Waals surface area (Å²) in [6.07, 6.45) is 0. The van der Waals surface area contributed by atoms with Crippen LogP contribution in [0.1, 0.15) is 20.8 Å². The third-order valence-electron chi connectivity index (χ3n) is 4.59. The van der Waals surface area contributed by atoms with Crippen molar-refractivity contribution in [2.75, 3.05) is 19.8 Å². The molecule has 0 bridgehead atoms. The molecular weight excluding hydrogens is 543 g/mol. The van der Waals surface area contributed by atoms with Crippen molar-refractivity contribution in [3.05, 3.63) is 72.8 Å². The minimum atomic E-state index is -3.00. The maximum atomic E-state index is 6.03. The van der Waals surface area contributed by atoms with Crippen molar-refractivity contribution in [1.82, 2.24) is 0 Å². The summed E-state index contributed by atoms with van der Waals surface area (Å²) >= 11 is -3.00. The Bertz CT molecular complexity index is 777. The first-order valence-electron chi connectivity index (χ1n) is 9.95. The van der Waals surface area contributed by atoms with E-state index in [0.29, 0.717) is 19.8 Å². The number of para-hydroxylation sites is 3. The third-order valence-corrected chi connectivity index (χ3v) is 17.4. The van der Waals surface area contributed by atoms with Crippen molar-refractivity contribution in [3.63, 3.8) is 0 Å². The van der Waals surface area contributed by atoms with Gasteiger partial charge in [0.2, 0.25) is 0 Å². The van der Waals surface area contributed by atoms with Crippen molar-refractivity contribution < 1.29 is 14.2 Å². The molecule has 0 saturated carbocycles. The Morgan fingerprint density at radius 3 is 1.07 bits per heavy atom. The Kier molecular flexibility index (Phi) is 7.77. The molecule has 0 unspecified atom stereocenters. The van der Waals surface area contributed by atoms with E-state index in [0.717, 1.165) is 17.2 Å². The SMILES string of the molecule is CCOc1cccc[c]1[PbH]([c]1ccccc1OCC)[c]1ccccc1OCC. The van der Waals surface area contributed by atoms with Crippen LogP contribution in [0.25, 0.3) is 0 Å². The standard InChI is InChI=1S/3C8H9O.Pb.H/c3*1-2-9-8-6-4-3-5-7-8;;/h3*3-6H,2H2,1H3;;. The monoisotopic (exact) mass is 572 g/mol. The van der Waals surface area contributed by atoms with E-state index in [9.17, 15) is 0 Å². The van der Waals surface area contributed by atoms with Gasteiger partial charge >= 0.3 is 177 Å². The van der Waals surface area contributed by atoms with E-state index in [-0.39, 0.29) is 0 Å². The molecule has 0 radical (unpaired) electrons. The number of benzene rings is 3. The molecule has 0 heterocycles. The zero-order chi connectivity index (χ0) is 19.8. The quantitative estimate of drug-likeness (QED) is 0.370. The number of hydrogen-bond donors (Lipinski definition) is 0. The summed E-state index contributed by atoms with van der Waals surface area (Å²) in [5, 5.41) is 0. The molecule has 0 aliphatic heterocycles. The first-order valence-corrected chi connectivity index (χ1v) is 16.7. The van der Waals surface area contributed by atoms with Gasteiger partial charge in [0.1, 0.15) is 0 Å². The van der Waals surface area contributed by atoms with Crippen LogP contribution in [0.15, 0.2) is 72.8 Å². The fraction of sp³-hybridized carbons (Fsp3) is 0.250. The van der Waals surface area contributed by atoms with Gasteiger partial charge in [0.05, 0.1) is 0 Å². The summed E-state index contributed by atoms with van der Waals surface area (Å²) in [7, 11) is 0. The first kappa shape index (κ1) is 20.7. The van der Waals surface area contributed by atoms with E-state index in [1.54, 1.807) is 0 Å². The molecule has 0 aliphatic carbocycles. The molecule has 146 valence electrons. The normalized spacial score (nSPS) is 10.7. The molecule has 0 aliphatic rings. The molecule has 3 rings (SSSR count). The van der Waals surface area contributed by atoms with E-state index in [1.165, 1.54) is 9.37 Å². The summed E-state index contributed by atoms with van der Waals surface area (Å²) < 4.78 is 22.1. The van der Waals surface area contributed by atoms with Crippen LogP contribution in [-0.4, -0.2) is 42.5 Å². The molecule has 0 N–H and O–H groups in total. The fourth-order valence-electron chi connectivity index (χ4n) is 3.52. The van der Waals surface area contributed by atoms with E-state index in [4.69, 9.17) is 14.2 Å². The predicted octanol–water partition coefficient (Wildman–Crippen LogP) is 3.13. The molecule has 0 amide bonds. The summed E-state index contributed by atoms with van der Waals surface area (Å²) in [6.45, 7) is 8.05. The number of hydrogen-bond acceptors (Lipinski definition) is 3. The van der Waals surface area contributed by atoms with Gasteiger partial charge < -0.3 is 0 Å². The Labute approximate surface area is 176 Å². The fourth-order valence-corrected chi connectivity index (χ4v) is 16.4. The van der Waals surface area contributed by atoms with E-state index < -0.39 is 22.7 Å². The van der Waals surface area contributed by atoms with E-state index in [2.05, 4.69) is 54.6 Å². The van der Waals surface area contributed by atoms with E-state index >= 15 is 0 Å². The molecule has 3 nitrogen and oxygen atoms in total. The maximum absolute atomic E-state index is 6.03. The van der Waals surface area contributed by atoms with Gasteiger partial charge in [-0.3, -0.25) is 0 Å². The Hall–Kier alpha value is -2.02. The van der Waals surface area contributed by atoms with Crippen LogP contribution >= 0.6 is 0 Å². The third kappa shape index (κ3) is 4.69. The zero-order valence-electron chi connectivity index (χ0n) is 16.9. The van der Waals surface area contributed by atoms with Gasteiger partial charge in [-0.25, -0.2) is 0 Å². The van der Waals surface area contributed by atoms with Gasteiger partial charge in [-0.1, -0.05) is 0 Å². The van der Waals surface area contributed by atoms with Crippen LogP contribution < -0.4 is 23.6 Å². The first-order chi connectivity index (χ1) is 13.8. The number of rotatable bonds is 9. The second-order valence-corrected chi connectivity index (χ2v) is 17.0. The van der Waals surface area contributed by atoms with Crippen LogP contribution in [0, 0.1) is 0 Å². The zero-order valence-corrected chi connectivity index (χ0v) is 21.3. The summed E-state index contributed by atoms with van der Waals surface area (Å²) in [4.78, 5) is 0. The molecule has 3 aromatic carbocycles. The van der Waals surface area contributed by atoms with E-state index in [1.807, 2.05) is 39.0 Å². The molecule has 0 spiro atoms. The van der Waals surface area contributed by atoms with Gasteiger partial charge in [0.15, 0.2) is 0 Å². The molecule has 4 heteroatoms. The van der Waals surface area contributed by atoms with Gasteiger partial charge in [0, 0.05) is 0 Å². The molecule has 0 fully saturated rings. The summed E-state index contributed by atoms with van der Waals surface area (Å²) in [5.41, 5.74) is 0. The average Bonchev–Trinajstić information content (AvgIpc) is 2.72. The second-order valence-electron chi connectivity index (χ2n) is 6.35.